The lowest BCUT2D eigenvalue weighted by Crippen LogP contribution is -2.13. The lowest BCUT2D eigenvalue weighted by atomic mass is 10.2. The van der Waals surface area contributed by atoms with E-state index in [4.69, 9.17) is 21.1 Å². The Bertz CT molecular complexity index is 980. The van der Waals surface area contributed by atoms with Crippen molar-refractivity contribution in [1.29, 1.82) is 0 Å². The Balaban J connectivity index is 2.04. The van der Waals surface area contributed by atoms with Gasteiger partial charge in [-0.05, 0) is 42.8 Å². The van der Waals surface area contributed by atoms with Crippen LogP contribution in [0.3, 0.4) is 0 Å². The van der Waals surface area contributed by atoms with Gasteiger partial charge in [0.15, 0.2) is 0 Å². The van der Waals surface area contributed by atoms with Gasteiger partial charge in [-0.15, -0.1) is 0 Å². The molecule has 6 nitrogen and oxygen atoms in total. The summed E-state index contributed by atoms with van der Waals surface area (Å²) in [6.07, 6.45) is 0.0453. The molecule has 0 aliphatic heterocycles. The Morgan fingerprint density at radius 3 is 2.56 bits per heavy atom. The van der Waals surface area contributed by atoms with E-state index in [2.05, 4.69) is 4.98 Å². The van der Waals surface area contributed by atoms with Gasteiger partial charge < -0.3 is 14.0 Å². The Hall–Kier alpha value is -2.86. The molecule has 140 valence electrons. The molecule has 0 saturated carbocycles. The van der Waals surface area contributed by atoms with E-state index >= 15 is 0 Å². The van der Waals surface area contributed by atoms with Crippen molar-refractivity contribution in [3.63, 3.8) is 0 Å². The molecule has 0 atom stereocenters. The van der Waals surface area contributed by atoms with Gasteiger partial charge in [0.05, 0.1) is 30.3 Å². The molecule has 2 aromatic carbocycles. The van der Waals surface area contributed by atoms with Gasteiger partial charge >= 0.3 is 11.9 Å². The number of imidazole rings is 1. The highest BCUT2D eigenvalue weighted by Gasteiger charge is 2.17. The first-order valence-corrected chi connectivity index (χ1v) is 8.87. The molecule has 27 heavy (non-hydrogen) atoms. The van der Waals surface area contributed by atoms with Crippen LogP contribution in [0.4, 0.5) is 0 Å². The molecule has 7 heteroatoms. The van der Waals surface area contributed by atoms with Gasteiger partial charge in [0, 0.05) is 11.6 Å². The topological polar surface area (TPSA) is 70.4 Å². The maximum Gasteiger partial charge on any atom is 0.337 e. The third-order valence-corrected chi connectivity index (χ3v) is 4.36. The minimum absolute atomic E-state index is 0.0453. The largest absolute Gasteiger partial charge is 0.466 e. The molecule has 0 bridgehead atoms. The zero-order valence-electron chi connectivity index (χ0n) is 15.1. The van der Waals surface area contributed by atoms with E-state index < -0.39 is 5.97 Å². The Labute approximate surface area is 161 Å². The average molecular weight is 387 g/mol. The van der Waals surface area contributed by atoms with E-state index in [1.54, 1.807) is 25.1 Å². The number of benzene rings is 2. The minimum Gasteiger partial charge on any atom is -0.466 e. The van der Waals surface area contributed by atoms with Crippen LogP contribution in [0.25, 0.3) is 11.0 Å². The molecule has 0 fully saturated rings. The van der Waals surface area contributed by atoms with Crippen molar-refractivity contribution < 1.29 is 19.1 Å². The van der Waals surface area contributed by atoms with Crippen LogP contribution in [0.15, 0.2) is 42.5 Å². The first-order valence-electron chi connectivity index (χ1n) is 8.49. The molecule has 0 unspecified atom stereocenters. The van der Waals surface area contributed by atoms with Crippen LogP contribution in [0, 0.1) is 0 Å². The zero-order valence-corrected chi connectivity index (χ0v) is 15.8. The third-order valence-electron chi connectivity index (χ3n) is 4.11. The van der Waals surface area contributed by atoms with E-state index in [0.717, 1.165) is 11.1 Å². The maximum atomic E-state index is 12.0. The fourth-order valence-electron chi connectivity index (χ4n) is 2.85. The molecule has 0 spiro atoms. The Morgan fingerprint density at radius 1 is 1.15 bits per heavy atom. The van der Waals surface area contributed by atoms with Gasteiger partial charge in [-0.3, -0.25) is 4.79 Å². The van der Waals surface area contributed by atoms with E-state index in [1.165, 1.54) is 7.11 Å². The third kappa shape index (κ3) is 4.28. The van der Waals surface area contributed by atoms with Crippen molar-refractivity contribution in [2.24, 2.45) is 0 Å². The van der Waals surface area contributed by atoms with Crippen LogP contribution in [0.5, 0.6) is 0 Å². The molecule has 0 aliphatic carbocycles. The Kier molecular flexibility index (Phi) is 5.76. The number of rotatable bonds is 6. The lowest BCUT2D eigenvalue weighted by molar-refractivity contribution is -0.142. The predicted octanol–water partition coefficient (Wildman–Crippen LogP) is 3.63. The van der Waals surface area contributed by atoms with E-state index in [1.807, 2.05) is 28.8 Å². The van der Waals surface area contributed by atoms with Crippen LogP contribution in [-0.2, 0) is 27.2 Å². The number of carbonyl (C=O) groups is 2. The van der Waals surface area contributed by atoms with Gasteiger partial charge in [-0.2, -0.15) is 0 Å². The SMILES string of the molecule is CCOC(=O)Cc1nc2cc(C(=O)OC)ccc2n1Cc1ccc(Cl)cc1. The van der Waals surface area contributed by atoms with Crippen LogP contribution in [0.2, 0.25) is 5.02 Å². The molecule has 0 N–H and O–H groups in total. The molecular weight excluding hydrogens is 368 g/mol. The summed E-state index contributed by atoms with van der Waals surface area (Å²) in [6, 6.07) is 12.6. The number of aromatic nitrogens is 2. The van der Waals surface area contributed by atoms with Gasteiger partial charge in [0.25, 0.3) is 0 Å². The van der Waals surface area contributed by atoms with Crippen molar-refractivity contribution in [3.05, 3.63) is 64.4 Å². The number of halogens is 1. The number of ether oxygens (including phenoxy) is 2. The van der Waals surface area contributed by atoms with Crippen LogP contribution >= 0.6 is 11.6 Å². The highest BCUT2D eigenvalue weighted by atomic mass is 35.5. The summed E-state index contributed by atoms with van der Waals surface area (Å²) in [4.78, 5) is 28.3. The van der Waals surface area contributed by atoms with Crippen molar-refractivity contribution in [2.75, 3.05) is 13.7 Å². The first kappa shape index (κ1) is 18.9. The maximum absolute atomic E-state index is 12.0. The second-order valence-electron chi connectivity index (χ2n) is 5.92. The predicted molar refractivity (Wildman–Crippen MR) is 102 cm³/mol. The molecule has 3 aromatic rings. The van der Waals surface area contributed by atoms with Crippen molar-refractivity contribution in [3.8, 4) is 0 Å². The zero-order chi connectivity index (χ0) is 19.4. The molecule has 0 radical (unpaired) electrons. The van der Waals surface area contributed by atoms with Crippen molar-refractivity contribution in [2.45, 2.75) is 19.9 Å². The van der Waals surface area contributed by atoms with Crippen LogP contribution in [0.1, 0.15) is 28.7 Å². The second kappa shape index (κ2) is 8.22. The van der Waals surface area contributed by atoms with Crippen molar-refractivity contribution in [1.82, 2.24) is 9.55 Å². The number of esters is 2. The normalized spacial score (nSPS) is 10.8. The number of fused-ring (bicyclic) bond motifs is 1. The summed E-state index contributed by atoms with van der Waals surface area (Å²) in [6.45, 7) is 2.58. The molecule has 0 saturated heterocycles. The fraction of sp³-hybridized carbons (Fsp3) is 0.250. The first-order chi connectivity index (χ1) is 13.0. The summed E-state index contributed by atoms with van der Waals surface area (Å²) in [5, 5.41) is 0.656. The molecule has 1 aromatic heterocycles. The van der Waals surface area contributed by atoms with E-state index in [-0.39, 0.29) is 12.4 Å². The van der Waals surface area contributed by atoms with Gasteiger partial charge in [-0.25, -0.2) is 9.78 Å². The molecule has 0 amide bonds. The summed E-state index contributed by atoms with van der Waals surface area (Å²) in [7, 11) is 1.33. The van der Waals surface area contributed by atoms with Gasteiger partial charge in [-0.1, -0.05) is 23.7 Å². The summed E-state index contributed by atoms with van der Waals surface area (Å²) < 4.78 is 11.8. The number of hydrogen-bond acceptors (Lipinski definition) is 5. The van der Waals surface area contributed by atoms with Gasteiger partial charge in [0.2, 0.25) is 0 Å². The standard InChI is InChI=1S/C20H19ClN2O4/c1-3-27-19(24)11-18-22-16-10-14(20(25)26-2)6-9-17(16)23(18)12-13-4-7-15(21)8-5-13/h4-10H,3,11-12H2,1-2H3. The number of nitrogens with zero attached hydrogens (tertiary/aromatic N) is 2. The van der Waals surface area contributed by atoms with Crippen LogP contribution in [-0.4, -0.2) is 35.2 Å². The summed E-state index contributed by atoms with van der Waals surface area (Å²) >= 11 is 5.96. The number of hydrogen-bond donors (Lipinski definition) is 0. The highest BCUT2D eigenvalue weighted by molar-refractivity contribution is 6.30. The Morgan fingerprint density at radius 2 is 1.89 bits per heavy atom. The second-order valence-corrected chi connectivity index (χ2v) is 6.35. The fourth-order valence-corrected chi connectivity index (χ4v) is 2.98. The number of carbonyl (C=O) groups excluding carboxylic acids is 2. The summed E-state index contributed by atoms with van der Waals surface area (Å²) in [5.41, 5.74) is 2.85. The van der Waals surface area contributed by atoms with Crippen molar-refractivity contribution >= 4 is 34.6 Å². The quantitative estimate of drug-likeness (QED) is 0.605. The lowest BCUT2D eigenvalue weighted by Gasteiger charge is -2.10. The average Bonchev–Trinajstić information content (AvgIpc) is 2.99. The van der Waals surface area contributed by atoms with E-state index in [9.17, 15) is 9.59 Å². The van der Waals surface area contributed by atoms with Gasteiger partial charge in [0.1, 0.15) is 12.2 Å². The van der Waals surface area contributed by atoms with E-state index in [0.29, 0.717) is 35.1 Å². The molecule has 0 aliphatic rings. The summed E-state index contributed by atoms with van der Waals surface area (Å²) in [5.74, 6) is -0.213. The monoisotopic (exact) mass is 386 g/mol. The smallest absolute Gasteiger partial charge is 0.337 e. The molecule has 1 heterocycles. The minimum atomic E-state index is -0.434. The highest BCUT2D eigenvalue weighted by Crippen LogP contribution is 2.21. The van der Waals surface area contributed by atoms with Crippen LogP contribution < -0.4 is 0 Å². The molecular formula is C20H19ClN2O4. The molecule has 3 rings (SSSR count). The number of methoxy groups -OCH3 is 1.